The lowest BCUT2D eigenvalue weighted by molar-refractivity contribution is -0.119. The summed E-state index contributed by atoms with van der Waals surface area (Å²) in [6.45, 7) is 0.0314. The lowest BCUT2D eigenvalue weighted by Gasteiger charge is -2.28. The first kappa shape index (κ1) is 11.5. The summed E-state index contributed by atoms with van der Waals surface area (Å²) in [7, 11) is 0. The minimum absolute atomic E-state index is 0.0314. The Hall–Kier alpha value is -1.61. The SMILES string of the molecule is O=C(NC1(CO)CCCC1)C1=C2C=CC=C2C=C1. The number of aliphatic hydroxyl groups excluding tert-OH is 1. The lowest BCUT2D eigenvalue weighted by Crippen LogP contribution is -2.49. The molecule has 0 aliphatic heterocycles. The van der Waals surface area contributed by atoms with E-state index >= 15 is 0 Å². The van der Waals surface area contributed by atoms with Crippen LogP contribution in [0.25, 0.3) is 0 Å². The summed E-state index contributed by atoms with van der Waals surface area (Å²) in [5, 5.41) is 12.6. The normalized spacial score (nSPS) is 23.5. The fraction of sp³-hybridized carbons (Fsp3) is 0.400. The van der Waals surface area contributed by atoms with Gasteiger partial charge in [-0.2, -0.15) is 0 Å². The molecule has 0 bridgehead atoms. The minimum atomic E-state index is -0.396. The van der Waals surface area contributed by atoms with Crippen LogP contribution in [0.1, 0.15) is 25.7 Å². The molecule has 3 aliphatic carbocycles. The largest absolute Gasteiger partial charge is 0.394 e. The van der Waals surface area contributed by atoms with Gasteiger partial charge in [-0.25, -0.2) is 0 Å². The van der Waals surface area contributed by atoms with Crippen LogP contribution in [0.15, 0.2) is 47.1 Å². The van der Waals surface area contributed by atoms with Crippen molar-refractivity contribution >= 4 is 5.91 Å². The minimum Gasteiger partial charge on any atom is -0.394 e. The number of carbonyl (C=O) groups excluding carboxylic acids is 1. The highest BCUT2D eigenvalue weighted by molar-refractivity contribution is 6.01. The van der Waals surface area contributed by atoms with E-state index in [1.54, 1.807) is 0 Å². The van der Waals surface area contributed by atoms with Crippen LogP contribution in [0.4, 0.5) is 0 Å². The Bertz CT molecular complexity index is 503. The highest BCUT2D eigenvalue weighted by atomic mass is 16.3. The fourth-order valence-corrected chi connectivity index (χ4v) is 2.97. The molecule has 1 amide bonds. The van der Waals surface area contributed by atoms with Crippen LogP contribution in [0.5, 0.6) is 0 Å². The molecule has 0 aromatic carbocycles. The van der Waals surface area contributed by atoms with Gasteiger partial charge >= 0.3 is 0 Å². The Kier molecular flexibility index (Phi) is 2.71. The number of allylic oxidation sites excluding steroid dienone is 6. The molecule has 2 N–H and O–H groups in total. The topological polar surface area (TPSA) is 49.3 Å². The van der Waals surface area contributed by atoms with Crippen LogP contribution in [0.3, 0.4) is 0 Å². The molecule has 0 aromatic rings. The first-order valence-electron chi connectivity index (χ1n) is 6.49. The van der Waals surface area contributed by atoms with Crippen LogP contribution < -0.4 is 5.32 Å². The Morgan fingerprint density at radius 1 is 1.28 bits per heavy atom. The Labute approximate surface area is 107 Å². The molecule has 0 saturated heterocycles. The molecule has 0 unspecified atom stereocenters. The van der Waals surface area contributed by atoms with Crippen molar-refractivity contribution in [3.05, 3.63) is 47.1 Å². The molecule has 18 heavy (non-hydrogen) atoms. The molecule has 1 fully saturated rings. The first-order chi connectivity index (χ1) is 8.74. The van der Waals surface area contributed by atoms with Gasteiger partial charge in [-0.05, 0) is 30.1 Å². The van der Waals surface area contributed by atoms with Crippen molar-refractivity contribution in [2.75, 3.05) is 6.61 Å². The molecule has 0 heterocycles. The van der Waals surface area contributed by atoms with E-state index in [0.717, 1.165) is 42.4 Å². The van der Waals surface area contributed by atoms with Crippen LogP contribution in [0, 0.1) is 0 Å². The number of hydrogen-bond donors (Lipinski definition) is 2. The van der Waals surface area contributed by atoms with E-state index in [2.05, 4.69) is 5.32 Å². The first-order valence-corrected chi connectivity index (χ1v) is 6.49. The molecule has 94 valence electrons. The van der Waals surface area contributed by atoms with Crippen molar-refractivity contribution in [1.29, 1.82) is 0 Å². The second kappa shape index (κ2) is 4.25. The van der Waals surface area contributed by atoms with Gasteiger partial charge in [0.05, 0.1) is 12.1 Å². The third-order valence-corrected chi connectivity index (χ3v) is 4.06. The van der Waals surface area contributed by atoms with Crippen LogP contribution >= 0.6 is 0 Å². The van der Waals surface area contributed by atoms with Gasteiger partial charge in [0.25, 0.3) is 5.91 Å². The standard InChI is InChI=1S/C15H17NO2/c17-10-15(8-1-2-9-15)16-14(18)13-7-6-11-4-3-5-12(11)13/h3-7,17H,1-2,8-10H2,(H,16,18). The van der Waals surface area contributed by atoms with Gasteiger partial charge in [-0.3, -0.25) is 4.79 Å². The zero-order chi connectivity index (χ0) is 12.6. The number of hydrogen-bond acceptors (Lipinski definition) is 2. The number of aliphatic hydroxyl groups is 1. The number of fused-ring (bicyclic) bond motifs is 1. The van der Waals surface area contributed by atoms with E-state index in [1.165, 1.54) is 0 Å². The monoisotopic (exact) mass is 243 g/mol. The number of rotatable bonds is 3. The number of amides is 1. The molecule has 3 rings (SSSR count). The Balaban J connectivity index is 1.80. The summed E-state index contributed by atoms with van der Waals surface area (Å²) < 4.78 is 0. The van der Waals surface area contributed by atoms with Gasteiger partial charge in [0.2, 0.25) is 0 Å². The molecule has 0 spiro atoms. The fourth-order valence-electron chi connectivity index (χ4n) is 2.97. The number of carbonyl (C=O) groups is 1. The quantitative estimate of drug-likeness (QED) is 0.793. The molecule has 3 nitrogen and oxygen atoms in total. The van der Waals surface area contributed by atoms with Gasteiger partial charge < -0.3 is 10.4 Å². The average molecular weight is 243 g/mol. The molecule has 0 aromatic heterocycles. The van der Waals surface area contributed by atoms with Crippen molar-refractivity contribution in [1.82, 2.24) is 5.32 Å². The zero-order valence-corrected chi connectivity index (χ0v) is 10.3. The Morgan fingerprint density at radius 3 is 2.78 bits per heavy atom. The molecule has 0 radical (unpaired) electrons. The van der Waals surface area contributed by atoms with Crippen molar-refractivity contribution in [2.45, 2.75) is 31.2 Å². The number of nitrogens with one attached hydrogen (secondary N) is 1. The van der Waals surface area contributed by atoms with E-state index < -0.39 is 5.54 Å². The molecular formula is C15H17NO2. The highest BCUT2D eigenvalue weighted by Crippen LogP contribution is 2.32. The summed E-state index contributed by atoms with van der Waals surface area (Å²) >= 11 is 0. The summed E-state index contributed by atoms with van der Waals surface area (Å²) in [4.78, 5) is 12.3. The maximum Gasteiger partial charge on any atom is 0.252 e. The predicted octanol–water partition coefficient (Wildman–Crippen LogP) is 1.77. The zero-order valence-electron chi connectivity index (χ0n) is 10.3. The third kappa shape index (κ3) is 1.75. The smallest absolute Gasteiger partial charge is 0.252 e. The van der Waals surface area contributed by atoms with E-state index in [0.29, 0.717) is 0 Å². The molecular weight excluding hydrogens is 226 g/mol. The third-order valence-electron chi connectivity index (χ3n) is 4.06. The van der Waals surface area contributed by atoms with E-state index in [1.807, 2.05) is 30.4 Å². The van der Waals surface area contributed by atoms with E-state index in [-0.39, 0.29) is 12.5 Å². The second-order valence-electron chi connectivity index (χ2n) is 5.24. The van der Waals surface area contributed by atoms with E-state index in [4.69, 9.17) is 0 Å². The van der Waals surface area contributed by atoms with E-state index in [9.17, 15) is 9.90 Å². The molecule has 3 heteroatoms. The van der Waals surface area contributed by atoms with Gasteiger partial charge in [0, 0.05) is 5.57 Å². The second-order valence-corrected chi connectivity index (χ2v) is 5.24. The molecule has 3 aliphatic rings. The van der Waals surface area contributed by atoms with Gasteiger partial charge in [-0.15, -0.1) is 0 Å². The van der Waals surface area contributed by atoms with Crippen molar-refractivity contribution < 1.29 is 9.90 Å². The maximum atomic E-state index is 12.3. The summed E-state index contributed by atoms with van der Waals surface area (Å²) in [5.41, 5.74) is 2.42. The van der Waals surface area contributed by atoms with Crippen LogP contribution in [-0.4, -0.2) is 23.2 Å². The highest BCUT2D eigenvalue weighted by Gasteiger charge is 2.35. The summed E-state index contributed by atoms with van der Waals surface area (Å²) in [6.07, 6.45) is 13.7. The molecule has 1 saturated carbocycles. The summed E-state index contributed by atoms with van der Waals surface area (Å²) in [6, 6.07) is 0. The summed E-state index contributed by atoms with van der Waals surface area (Å²) in [5.74, 6) is -0.0628. The van der Waals surface area contributed by atoms with Crippen molar-refractivity contribution in [2.24, 2.45) is 0 Å². The predicted molar refractivity (Wildman–Crippen MR) is 69.8 cm³/mol. The Morgan fingerprint density at radius 2 is 2.06 bits per heavy atom. The lowest BCUT2D eigenvalue weighted by atomic mass is 9.98. The van der Waals surface area contributed by atoms with Crippen LogP contribution in [-0.2, 0) is 4.79 Å². The van der Waals surface area contributed by atoms with Gasteiger partial charge in [0.1, 0.15) is 0 Å². The maximum absolute atomic E-state index is 12.3. The van der Waals surface area contributed by atoms with Gasteiger partial charge in [-0.1, -0.05) is 37.1 Å². The van der Waals surface area contributed by atoms with Crippen molar-refractivity contribution in [3.63, 3.8) is 0 Å². The molecule has 0 atom stereocenters. The van der Waals surface area contributed by atoms with Crippen molar-refractivity contribution in [3.8, 4) is 0 Å². The van der Waals surface area contributed by atoms with Crippen LogP contribution in [0.2, 0.25) is 0 Å². The average Bonchev–Trinajstić information content (AvgIpc) is 3.04. The van der Waals surface area contributed by atoms with Gasteiger partial charge in [0.15, 0.2) is 0 Å².